The topological polar surface area (TPSA) is 85.5 Å². The molecule has 102 valence electrons. The summed E-state index contributed by atoms with van der Waals surface area (Å²) < 4.78 is 1.09. The molecule has 0 spiro atoms. The molecule has 19 heavy (non-hydrogen) atoms. The van der Waals surface area contributed by atoms with E-state index in [1.54, 1.807) is 4.90 Å². The van der Waals surface area contributed by atoms with Gasteiger partial charge in [0.1, 0.15) is 6.54 Å². The second-order valence-electron chi connectivity index (χ2n) is 4.53. The van der Waals surface area contributed by atoms with Gasteiger partial charge in [0.25, 0.3) is 0 Å². The number of piperidine rings is 1. The summed E-state index contributed by atoms with van der Waals surface area (Å²) in [6, 6.07) is 2.55. The molecule has 2 heterocycles. The number of hydrogen-bond acceptors (Lipinski definition) is 4. The molecule has 7 heteroatoms. The Kier molecular flexibility index (Phi) is 3.94. The zero-order valence-corrected chi connectivity index (χ0v) is 10.4. The first-order valence-electron chi connectivity index (χ1n) is 6.21. The van der Waals surface area contributed by atoms with Crippen molar-refractivity contribution in [1.29, 1.82) is 0 Å². The summed E-state index contributed by atoms with van der Waals surface area (Å²) in [4.78, 5) is 35.4. The fraction of sp³-hybridized carbons (Fsp3) is 0.500. The average Bonchev–Trinajstić information content (AvgIpc) is 2.41. The highest BCUT2D eigenvalue weighted by molar-refractivity contribution is 5.76. The van der Waals surface area contributed by atoms with E-state index in [0.29, 0.717) is 13.1 Å². The second-order valence-corrected chi connectivity index (χ2v) is 4.53. The van der Waals surface area contributed by atoms with Crippen molar-refractivity contribution < 1.29 is 9.72 Å². The van der Waals surface area contributed by atoms with Gasteiger partial charge in [-0.3, -0.25) is 19.7 Å². The smallest absolute Gasteiger partial charge is 0.334 e. The van der Waals surface area contributed by atoms with Gasteiger partial charge in [-0.1, -0.05) is 0 Å². The molecule has 1 saturated heterocycles. The number of likely N-dealkylation sites (tertiary alicyclic amines) is 1. The Bertz CT molecular complexity index is 546. The Morgan fingerprint density at radius 1 is 1.32 bits per heavy atom. The number of aromatic nitrogens is 1. The minimum atomic E-state index is -0.738. The highest BCUT2D eigenvalue weighted by Gasteiger charge is 2.19. The monoisotopic (exact) mass is 265 g/mol. The molecule has 1 amide bonds. The number of nitrogens with zero attached hydrogens (tertiary/aromatic N) is 3. The Hall–Kier alpha value is -2.18. The number of carbonyl (C=O) groups excluding carboxylic acids is 1. The van der Waals surface area contributed by atoms with Gasteiger partial charge in [0.05, 0.1) is 4.92 Å². The van der Waals surface area contributed by atoms with Crippen molar-refractivity contribution in [3.63, 3.8) is 0 Å². The van der Waals surface area contributed by atoms with Crippen LogP contribution < -0.4 is 5.56 Å². The standard InChI is InChI=1S/C12H15N3O4/c16-11(13-6-2-1-3-7-13)9-14-8-4-5-10(12(14)17)15(18)19/h4-5,8H,1-3,6-7,9H2. The predicted molar refractivity (Wildman–Crippen MR) is 67.8 cm³/mol. The lowest BCUT2D eigenvalue weighted by Gasteiger charge is -2.26. The van der Waals surface area contributed by atoms with Crippen molar-refractivity contribution >= 4 is 11.6 Å². The molecule has 0 atom stereocenters. The number of rotatable bonds is 3. The number of pyridine rings is 1. The van der Waals surface area contributed by atoms with Crippen LogP contribution in [0.1, 0.15) is 19.3 Å². The predicted octanol–water partition coefficient (Wildman–Crippen LogP) is 0.769. The molecule has 0 unspecified atom stereocenters. The lowest BCUT2D eigenvalue weighted by molar-refractivity contribution is -0.386. The van der Waals surface area contributed by atoms with Gasteiger partial charge >= 0.3 is 11.2 Å². The third-order valence-electron chi connectivity index (χ3n) is 3.21. The van der Waals surface area contributed by atoms with Gasteiger partial charge in [-0.25, -0.2) is 0 Å². The summed E-state index contributed by atoms with van der Waals surface area (Å²) in [6.07, 6.45) is 4.45. The fourth-order valence-electron chi connectivity index (χ4n) is 2.18. The molecule has 7 nitrogen and oxygen atoms in total. The average molecular weight is 265 g/mol. The van der Waals surface area contributed by atoms with Crippen molar-refractivity contribution in [2.45, 2.75) is 25.8 Å². The molecule has 1 aromatic heterocycles. The second kappa shape index (κ2) is 5.64. The summed E-state index contributed by atoms with van der Waals surface area (Å²) in [5.74, 6) is -0.165. The minimum absolute atomic E-state index is 0.138. The van der Waals surface area contributed by atoms with Crippen LogP contribution in [0.15, 0.2) is 23.1 Å². The van der Waals surface area contributed by atoms with E-state index in [2.05, 4.69) is 0 Å². The highest BCUT2D eigenvalue weighted by atomic mass is 16.6. The van der Waals surface area contributed by atoms with Crippen LogP contribution in [0.4, 0.5) is 5.69 Å². The van der Waals surface area contributed by atoms with Gasteiger partial charge in [0, 0.05) is 25.4 Å². The van der Waals surface area contributed by atoms with Crippen LogP contribution in [0.2, 0.25) is 0 Å². The molecule has 0 saturated carbocycles. The van der Waals surface area contributed by atoms with Gasteiger partial charge in [-0.05, 0) is 25.3 Å². The maximum absolute atomic E-state index is 12.0. The number of hydrogen-bond donors (Lipinski definition) is 0. The Labute approximate surface area is 109 Å². The van der Waals surface area contributed by atoms with Crippen molar-refractivity contribution in [2.24, 2.45) is 0 Å². The molecule has 1 aliphatic rings. The molecule has 1 aromatic rings. The van der Waals surface area contributed by atoms with Crippen LogP contribution in [-0.4, -0.2) is 33.4 Å². The van der Waals surface area contributed by atoms with Gasteiger partial charge in [-0.15, -0.1) is 0 Å². The van der Waals surface area contributed by atoms with E-state index < -0.39 is 16.2 Å². The van der Waals surface area contributed by atoms with Crippen LogP contribution >= 0.6 is 0 Å². The van der Waals surface area contributed by atoms with Gasteiger partial charge in [-0.2, -0.15) is 0 Å². The van der Waals surface area contributed by atoms with E-state index >= 15 is 0 Å². The van der Waals surface area contributed by atoms with Crippen LogP contribution in [0.25, 0.3) is 0 Å². The Morgan fingerprint density at radius 3 is 2.63 bits per heavy atom. The molecular weight excluding hydrogens is 250 g/mol. The van der Waals surface area contributed by atoms with Crippen LogP contribution in [0.5, 0.6) is 0 Å². The molecular formula is C12H15N3O4. The van der Waals surface area contributed by atoms with Gasteiger partial charge in [0.15, 0.2) is 0 Å². The molecule has 2 rings (SSSR count). The van der Waals surface area contributed by atoms with E-state index in [9.17, 15) is 19.7 Å². The molecule has 1 aliphatic heterocycles. The summed E-state index contributed by atoms with van der Waals surface area (Å²) in [6.45, 7) is 1.26. The quantitative estimate of drug-likeness (QED) is 0.596. The van der Waals surface area contributed by atoms with Crippen LogP contribution in [-0.2, 0) is 11.3 Å². The summed E-state index contributed by atoms with van der Waals surface area (Å²) in [7, 11) is 0. The molecule has 0 aliphatic carbocycles. The summed E-state index contributed by atoms with van der Waals surface area (Å²) in [5, 5.41) is 10.7. The van der Waals surface area contributed by atoms with Crippen LogP contribution in [0, 0.1) is 10.1 Å². The zero-order chi connectivity index (χ0) is 13.8. The summed E-state index contributed by atoms with van der Waals surface area (Å²) >= 11 is 0. The maximum Gasteiger partial charge on any atom is 0.334 e. The van der Waals surface area contributed by atoms with Crippen molar-refractivity contribution in [3.05, 3.63) is 38.8 Å². The first-order valence-corrected chi connectivity index (χ1v) is 6.21. The molecule has 1 fully saturated rings. The van der Waals surface area contributed by atoms with Crippen LogP contribution in [0.3, 0.4) is 0 Å². The Balaban J connectivity index is 2.15. The molecule has 0 N–H and O–H groups in total. The highest BCUT2D eigenvalue weighted by Crippen LogP contribution is 2.09. The SMILES string of the molecule is O=C(Cn1cccc([N+](=O)[O-])c1=O)N1CCCCC1. The largest absolute Gasteiger partial charge is 0.341 e. The van der Waals surface area contributed by atoms with Crippen molar-refractivity contribution in [3.8, 4) is 0 Å². The lowest BCUT2D eigenvalue weighted by atomic mass is 10.1. The van der Waals surface area contributed by atoms with Gasteiger partial charge in [0.2, 0.25) is 5.91 Å². The molecule has 0 bridgehead atoms. The Morgan fingerprint density at radius 2 is 2.00 bits per heavy atom. The zero-order valence-electron chi connectivity index (χ0n) is 10.4. The fourth-order valence-corrected chi connectivity index (χ4v) is 2.18. The van der Waals surface area contributed by atoms with E-state index in [1.807, 2.05) is 0 Å². The van der Waals surface area contributed by atoms with E-state index in [0.717, 1.165) is 29.9 Å². The lowest BCUT2D eigenvalue weighted by Crippen LogP contribution is -2.39. The molecule has 0 radical (unpaired) electrons. The maximum atomic E-state index is 12.0. The number of amides is 1. The first-order chi connectivity index (χ1) is 9.09. The number of carbonyl (C=O) groups is 1. The van der Waals surface area contributed by atoms with E-state index in [1.165, 1.54) is 12.3 Å². The van der Waals surface area contributed by atoms with Crippen molar-refractivity contribution in [1.82, 2.24) is 9.47 Å². The normalized spacial score (nSPS) is 15.3. The number of nitro groups is 1. The van der Waals surface area contributed by atoms with Gasteiger partial charge < -0.3 is 9.47 Å². The van der Waals surface area contributed by atoms with E-state index in [4.69, 9.17) is 0 Å². The minimum Gasteiger partial charge on any atom is -0.341 e. The molecule has 0 aromatic carbocycles. The first kappa shape index (κ1) is 13.3. The third-order valence-corrected chi connectivity index (χ3v) is 3.21. The summed E-state index contributed by atoms with van der Waals surface area (Å²) in [5.41, 5.74) is -1.24. The van der Waals surface area contributed by atoms with E-state index in [-0.39, 0.29) is 12.5 Å². The van der Waals surface area contributed by atoms with Crippen molar-refractivity contribution in [2.75, 3.05) is 13.1 Å². The third kappa shape index (κ3) is 2.98.